The molecule has 0 fully saturated rings. The van der Waals surface area contributed by atoms with Crippen LogP contribution >= 0.6 is 11.6 Å². The van der Waals surface area contributed by atoms with Gasteiger partial charge in [0.2, 0.25) is 11.0 Å². The molecule has 3 rings (SSSR count). The zero-order chi connectivity index (χ0) is 16.9. The number of para-hydroxylation sites is 1. The second-order valence-electron chi connectivity index (χ2n) is 4.68. The highest BCUT2D eigenvalue weighted by molar-refractivity contribution is 6.31. The highest BCUT2D eigenvalue weighted by atomic mass is 35.5. The van der Waals surface area contributed by atoms with Gasteiger partial charge in [0.1, 0.15) is 17.8 Å². The predicted molar refractivity (Wildman–Crippen MR) is 89.9 cm³/mol. The van der Waals surface area contributed by atoms with Crippen LogP contribution in [0.25, 0.3) is 0 Å². The first kappa shape index (κ1) is 15.7. The molecule has 0 aliphatic carbocycles. The van der Waals surface area contributed by atoms with E-state index in [4.69, 9.17) is 16.3 Å². The van der Waals surface area contributed by atoms with Crippen molar-refractivity contribution in [3.63, 3.8) is 0 Å². The molecular weight excluding hydrogens is 332 g/mol. The smallest absolute Gasteiger partial charge is 0.348 e. The van der Waals surface area contributed by atoms with Gasteiger partial charge >= 0.3 is 5.69 Å². The Labute approximate surface area is 142 Å². The summed E-state index contributed by atoms with van der Waals surface area (Å²) in [6.07, 6.45) is 1.16. The fourth-order valence-corrected chi connectivity index (χ4v) is 2.18. The summed E-state index contributed by atoms with van der Waals surface area (Å²) in [6, 6.07) is 16.3. The van der Waals surface area contributed by atoms with E-state index in [9.17, 15) is 10.1 Å². The molecule has 2 aromatic carbocycles. The lowest BCUT2D eigenvalue weighted by Crippen LogP contribution is -2.01. The number of aromatic nitrogens is 2. The van der Waals surface area contributed by atoms with Gasteiger partial charge in [-0.2, -0.15) is 0 Å². The fourth-order valence-electron chi connectivity index (χ4n) is 1.98. The average molecular weight is 343 g/mol. The van der Waals surface area contributed by atoms with Crippen LogP contribution in [0.4, 0.5) is 17.2 Å². The average Bonchev–Trinajstić information content (AvgIpc) is 2.57. The van der Waals surface area contributed by atoms with Gasteiger partial charge in [-0.15, -0.1) is 0 Å². The second kappa shape index (κ2) is 6.93. The molecule has 8 heteroatoms. The number of nitro groups is 1. The molecule has 0 saturated heterocycles. The number of anilines is 2. The molecule has 7 nitrogen and oxygen atoms in total. The molecule has 0 bridgehead atoms. The molecule has 120 valence electrons. The van der Waals surface area contributed by atoms with Crippen LogP contribution in [-0.2, 0) is 0 Å². The van der Waals surface area contributed by atoms with Gasteiger partial charge in [0.15, 0.2) is 0 Å². The number of ether oxygens (including phenoxy) is 1. The molecule has 0 atom stereocenters. The van der Waals surface area contributed by atoms with Gasteiger partial charge < -0.3 is 10.1 Å². The molecule has 0 aliphatic rings. The minimum absolute atomic E-state index is 0.0247. The summed E-state index contributed by atoms with van der Waals surface area (Å²) in [5, 5.41) is 13.7. The van der Waals surface area contributed by atoms with Crippen molar-refractivity contribution in [3.05, 3.63) is 76.2 Å². The van der Waals surface area contributed by atoms with Crippen molar-refractivity contribution < 1.29 is 9.66 Å². The second-order valence-corrected chi connectivity index (χ2v) is 5.04. The molecule has 0 spiro atoms. The van der Waals surface area contributed by atoms with E-state index in [-0.39, 0.29) is 16.7 Å². The Kier molecular flexibility index (Phi) is 4.53. The molecule has 0 amide bonds. The number of nitrogens with one attached hydrogen (secondary N) is 1. The molecular formula is C16H11ClN4O3. The monoisotopic (exact) mass is 342 g/mol. The highest BCUT2D eigenvalue weighted by Gasteiger charge is 2.21. The first-order chi connectivity index (χ1) is 11.6. The third-order valence-electron chi connectivity index (χ3n) is 3.06. The summed E-state index contributed by atoms with van der Waals surface area (Å²) < 4.78 is 5.68. The van der Waals surface area contributed by atoms with Crippen LogP contribution in [0, 0.1) is 10.1 Å². The summed E-state index contributed by atoms with van der Waals surface area (Å²) in [6.45, 7) is 0. The van der Waals surface area contributed by atoms with Crippen LogP contribution < -0.4 is 10.1 Å². The molecule has 1 aromatic heterocycles. The van der Waals surface area contributed by atoms with Crippen LogP contribution in [-0.4, -0.2) is 14.9 Å². The van der Waals surface area contributed by atoms with Crippen LogP contribution in [0.5, 0.6) is 11.5 Å². The standard InChI is InChI=1S/C16H11ClN4O3/c17-15-14(21(22)23)16(19-10-18-15)20-11-6-8-13(9-7-11)24-12-4-2-1-3-5-12/h1-10H,(H,18,19,20). The number of benzene rings is 2. The summed E-state index contributed by atoms with van der Waals surface area (Å²) in [4.78, 5) is 17.9. The van der Waals surface area contributed by atoms with Gasteiger partial charge in [-0.25, -0.2) is 9.97 Å². The predicted octanol–water partition coefficient (Wildman–Crippen LogP) is 4.57. The maximum absolute atomic E-state index is 11.1. The van der Waals surface area contributed by atoms with Crippen molar-refractivity contribution in [2.75, 3.05) is 5.32 Å². The SMILES string of the molecule is O=[N+]([O-])c1c(Cl)ncnc1Nc1ccc(Oc2ccccc2)cc1. The van der Waals surface area contributed by atoms with Gasteiger partial charge in [0, 0.05) is 5.69 Å². The van der Waals surface area contributed by atoms with Crippen molar-refractivity contribution in [2.24, 2.45) is 0 Å². The lowest BCUT2D eigenvalue weighted by Gasteiger charge is -2.08. The maximum atomic E-state index is 11.1. The van der Waals surface area contributed by atoms with E-state index < -0.39 is 4.92 Å². The van der Waals surface area contributed by atoms with Crippen molar-refractivity contribution in [1.29, 1.82) is 0 Å². The molecule has 0 radical (unpaired) electrons. The Morgan fingerprint density at radius 2 is 1.67 bits per heavy atom. The Hall–Kier alpha value is -3.19. The van der Waals surface area contributed by atoms with E-state index in [1.165, 1.54) is 0 Å². The molecule has 24 heavy (non-hydrogen) atoms. The molecule has 1 heterocycles. The summed E-state index contributed by atoms with van der Waals surface area (Å²) in [7, 11) is 0. The largest absolute Gasteiger partial charge is 0.457 e. The molecule has 0 aliphatic heterocycles. The lowest BCUT2D eigenvalue weighted by atomic mass is 10.3. The van der Waals surface area contributed by atoms with E-state index in [1.54, 1.807) is 24.3 Å². The Morgan fingerprint density at radius 1 is 1.00 bits per heavy atom. The van der Waals surface area contributed by atoms with Crippen LogP contribution in [0.15, 0.2) is 60.9 Å². The van der Waals surface area contributed by atoms with Crippen molar-refractivity contribution in [1.82, 2.24) is 9.97 Å². The maximum Gasteiger partial charge on any atom is 0.348 e. The van der Waals surface area contributed by atoms with E-state index in [0.29, 0.717) is 11.4 Å². The van der Waals surface area contributed by atoms with E-state index in [1.807, 2.05) is 30.3 Å². The third-order valence-corrected chi connectivity index (χ3v) is 3.33. The molecule has 3 aromatic rings. The summed E-state index contributed by atoms with van der Waals surface area (Å²) in [5.41, 5.74) is 0.233. The minimum Gasteiger partial charge on any atom is -0.457 e. The fraction of sp³-hybridized carbons (Fsp3) is 0. The minimum atomic E-state index is -0.627. The first-order valence-corrected chi connectivity index (χ1v) is 7.26. The van der Waals surface area contributed by atoms with Gasteiger partial charge in [-0.3, -0.25) is 10.1 Å². The normalized spacial score (nSPS) is 10.2. The lowest BCUT2D eigenvalue weighted by molar-refractivity contribution is -0.384. The third kappa shape index (κ3) is 3.58. The van der Waals surface area contributed by atoms with Crippen LogP contribution in [0.3, 0.4) is 0 Å². The number of hydrogen-bond donors (Lipinski definition) is 1. The number of halogens is 1. The van der Waals surface area contributed by atoms with Crippen LogP contribution in [0.1, 0.15) is 0 Å². The van der Waals surface area contributed by atoms with Gasteiger partial charge in [-0.1, -0.05) is 29.8 Å². The Morgan fingerprint density at radius 3 is 2.33 bits per heavy atom. The van der Waals surface area contributed by atoms with Gasteiger partial charge in [-0.05, 0) is 36.4 Å². The van der Waals surface area contributed by atoms with E-state index in [2.05, 4.69) is 15.3 Å². The molecule has 1 N–H and O–H groups in total. The number of hydrogen-bond acceptors (Lipinski definition) is 6. The van der Waals surface area contributed by atoms with Crippen molar-refractivity contribution >= 4 is 28.8 Å². The van der Waals surface area contributed by atoms with Crippen molar-refractivity contribution in [2.45, 2.75) is 0 Å². The Balaban J connectivity index is 1.78. The Bertz CT molecular complexity index is 857. The summed E-state index contributed by atoms with van der Waals surface area (Å²) >= 11 is 5.75. The number of rotatable bonds is 5. The highest BCUT2D eigenvalue weighted by Crippen LogP contribution is 2.31. The van der Waals surface area contributed by atoms with E-state index >= 15 is 0 Å². The number of nitrogens with zero attached hydrogens (tertiary/aromatic N) is 3. The van der Waals surface area contributed by atoms with Crippen LogP contribution in [0.2, 0.25) is 5.15 Å². The van der Waals surface area contributed by atoms with E-state index in [0.717, 1.165) is 12.1 Å². The molecule has 0 unspecified atom stereocenters. The molecule has 0 saturated carbocycles. The zero-order valence-corrected chi connectivity index (χ0v) is 13.0. The van der Waals surface area contributed by atoms with Crippen molar-refractivity contribution in [3.8, 4) is 11.5 Å². The zero-order valence-electron chi connectivity index (χ0n) is 12.2. The van der Waals surface area contributed by atoms with Gasteiger partial charge in [0.25, 0.3) is 0 Å². The topological polar surface area (TPSA) is 90.2 Å². The van der Waals surface area contributed by atoms with Gasteiger partial charge in [0.05, 0.1) is 4.92 Å². The summed E-state index contributed by atoms with van der Waals surface area (Å²) in [5.74, 6) is 1.38. The quantitative estimate of drug-likeness (QED) is 0.415. The first-order valence-electron chi connectivity index (χ1n) is 6.88.